The van der Waals surface area contributed by atoms with E-state index in [1.165, 1.54) is 0 Å². The summed E-state index contributed by atoms with van der Waals surface area (Å²) in [7, 11) is -20.2. The third-order valence-corrected chi connectivity index (χ3v) is 33.5. The first kappa shape index (κ1) is 132. The lowest BCUT2D eigenvalue weighted by Gasteiger charge is -2.50. The highest BCUT2D eigenvalue weighted by Crippen LogP contribution is 2.55. The zero-order chi connectivity index (χ0) is 110. The fourth-order valence-electron chi connectivity index (χ4n) is 9.25. The van der Waals surface area contributed by atoms with Crippen molar-refractivity contribution in [2.45, 2.75) is 223 Å². The van der Waals surface area contributed by atoms with Crippen LogP contribution in [0.2, 0.25) is 50.4 Å². The topological polar surface area (TPSA) is 290 Å². The van der Waals surface area contributed by atoms with E-state index in [0.29, 0.717) is 26.2 Å². The highest BCUT2D eigenvalue weighted by molar-refractivity contribution is 6.94. The lowest BCUT2D eigenvalue weighted by atomic mass is 10.5. The second-order valence-electron chi connectivity index (χ2n) is 27.4. The van der Waals surface area contributed by atoms with Gasteiger partial charge in [-0.1, -0.05) is 26.3 Å². The Hall–Kier alpha value is -6.45. The third-order valence-electron chi connectivity index (χ3n) is 14.6. The van der Waals surface area contributed by atoms with E-state index in [9.17, 15) is 230 Å². The van der Waals surface area contributed by atoms with Crippen molar-refractivity contribution in [3.63, 3.8) is 0 Å². The molecular weight excluding hydrogens is 2190 g/mol. The average molecular weight is 2260 g/mol. The van der Waals surface area contributed by atoms with Gasteiger partial charge < -0.3 is 54.4 Å². The van der Waals surface area contributed by atoms with E-state index in [0.717, 1.165) is 0 Å². The Labute approximate surface area is 750 Å². The second-order valence-corrected chi connectivity index (χ2v) is 41.7. The summed E-state index contributed by atoms with van der Waals surface area (Å²) in [4.78, 5) is 43.9. The number of ether oxygens (including phenoxy) is 20. The van der Waals surface area contributed by atoms with Gasteiger partial charge in [-0.05, 0) is 76.0 Å². The van der Waals surface area contributed by atoms with Gasteiger partial charge in [0.2, 0.25) is 0 Å². The van der Waals surface area contributed by atoms with E-state index in [1.807, 2.05) is 18.9 Å². The average Bonchev–Trinajstić information content (AvgIpc) is 0.776. The molecule has 1 fully saturated rings. The fourth-order valence-corrected chi connectivity index (χ4v) is 32.4. The first-order chi connectivity index (χ1) is 62.0. The molecule has 0 spiro atoms. The van der Waals surface area contributed by atoms with E-state index >= 15 is 0 Å². The van der Waals surface area contributed by atoms with E-state index in [2.05, 4.69) is 102 Å². The van der Waals surface area contributed by atoms with Crippen LogP contribution in [0.15, 0.2) is 50.6 Å². The maximum atomic E-state index is 14.9. The van der Waals surface area contributed by atoms with Crippen LogP contribution in [-0.2, 0) is 130 Å². The van der Waals surface area contributed by atoms with Gasteiger partial charge in [0.05, 0.1) is 0 Å². The van der Waals surface area contributed by atoms with Crippen LogP contribution in [0, 0.1) is 0 Å². The molecule has 824 valence electrons. The van der Waals surface area contributed by atoms with Crippen LogP contribution in [-0.4, -0.2) is 284 Å². The maximum Gasteiger partial charge on any atom is 0.453 e. The SMILES string of the molecule is C=CC(=O)OCC(F)(F)OC(F)(F)C(F)(F)OC(F)(F)C(F)(F)OC(F)(F)COCCC[Si]1(C)O[Si](C)(CCCOCC(F)(F)OC(F)(F)C(F)(F)OC(F)(F)C(F)(F)OC(F)(F)COC(=O)C=C)O[Si](C)(CCCOCC(F)(F)OC(F)(F)C(F)(F)OC(F)(F)C(F)(F)OC(F)(F)COC(=O)C=C)O[Si](C)(CCCOCC(F)(F)OC(F)(F)C(F)(F)OC(F)(F)C(F)(F)OC(F)(F)COC(=O)C=C)O1. The molecule has 0 aromatic rings. The Kier molecular flexibility index (Phi) is 43.9. The number of hydrogen-bond acceptors (Lipinski definition) is 28. The number of carbonyl (C=O) groups excluding carboxylic acids is 4. The van der Waals surface area contributed by atoms with Gasteiger partial charge in [0.15, 0.2) is 26.4 Å². The number of rotatable bonds is 68. The van der Waals surface area contributed by atoms with Crippen molar-refractivity contribution in [1.82, 2.24) is 0 Å². The molecule has 0 radical (unpaired) electrons. The normalized spacial score (nSPS) is 19.7. The van der Waals surface area contributed by atoms with Crippen molar-refractivity contribution >= 4 is 58.1 Å². The minimum absolute atomic E-state index is 0.0173. The lowest BCUT2D eigenvalue weighted by molar-refractivity contribution is -0.558. The molecule has 1 aliphatic rings. The van der Waals surface area contributed by atoms with E-state index in [-0.39, 0.29) is 24.3 Å². The molecule has 1 heterocycles. The number of hydrogen-bond donors (Lipinski definition) is 0. The molecule has 0 aromatic carbocycles. The number of alkyl halides is 48. The summed E-state index contributed by atoms with van der Waals surface area (Å²) in [6.45, 7) is -16.0. The number of carbonyl (C=O) groups is 4. The molecule has 140 heavy (non-hydrogen) atoms. The van der Waals surface area contributed by atoms with E-state index < -0.39 is 334 Å². The predicted octanol–water partition coefficient (Wildman–Crippen LogP) is 19.3. The number of esters is 4. The summed E-state index contributed by atoms with van der Waals surface area (Å²) in [6.07, 6.45) is -172. The van der Waals surface area contributed by atoms with Crippen molar-refractivity contribution in [3.8, 4) is 0 Å². The van der Waals surface area contributed by atoms with Gasteiger partial charge >= 0.3 is 205 Å². The first-order valence-corrected chi connectivity index (χ1v) is 45.8. The lowest BCUT2D eigenvalue weighted by Crippen LogP contribution is -2.67. The van der Waals surface area contributed by atoms with Crippen LogP contribution in [0.3, 0.4) is 0 Å². The molecule has 0 aliphatic carbocycles. The highest BCUT2D eigenvalue weighted by Gasteiger charge is 2.80. The smallest absolute Gasteiger partial charge is 0.453 e. The molecule has 1 aliphatic heterocycles. The van der Waals surface area contributed by atoms with Gasteiger partial charge in [0.1, 0.15) is 26.4 Å². The van der Waals surface area contributed by atoms with Gasteiger partial charge in [-0.15, -0.1) is 0 Å². The van der Waals surface area contributed by atoms with Crippen LogP contribution in [0.4, 0.5) is 211 Å². The van der Waals surface area contributed by atoms with Gasteiger partial charge in [-0.25, -0.2) is 76.0 Å². The zero-order valence-electron chi connectivity index (χ0n) is 68.9. The van der Waals surface area contributed by atoms with Gasteiger partial charge in [-0.3, -0.25) is 0 Å². The molecule has 0 amide bonds. The summed E-state index contributed by atoms with van der Waals surface area (Å²) >= 11 is 0. The molecular formula is C60H64F48O28Si4. The molecule has 80 heteroatoms. The largest absolute Gasteiger partial charge is 0.453 e. The Balaban J connectivity index is 4.11. The number of halogens is 48. The summed E-state index contributed by atoms with van der Waals surface area (Å²) in [5.74, 6) is -7.80. The molecule has 0 unspecified atom stereocenters. The highest BCUT2D eigenvalue weighted by atomic mass is 28.5. The summed E-state index contributed by atoms with van der Waals surface area (Å²) < 4.78 is 770. The summed E-state index contributed by atoms with van der Waals surface area (Å²) in [5.41, 5.74) is 0. The zero-order valence-corrected chi connectivity index (χ0v) is 72.9. The van der Waals surface area contributed by atoms with Crippen molar-refractivity contribution in [2.75, 3.05) is 79.3 Å². The van der Waals surface area contributed by atoms with Gasteiger partial charge in [0.25, 0.3) is 0 Å². The molecule has 0 aromatic heterocycles. The van der Waals surface area contributed by atoms with Crippen LogP contribution in [0.25, 0.3) is 0 Å². The molecule has 0 saturated carbocycles. The van der Waals surface area contributed by atoms with Crippen LogP contribution in [0.1, 0.15) is 25.7 Å². The van der Waals surface area contributed by atoms with Crippen LogP contribution >= 0.6 is 0 Å². The van der Waals surface area contributed by atoms with Crippen molar-refractivity contribution < 1.29 is 341 Å². The first-order valence-electron chi connectivity index (χ1n) is 35.7. The molecule has 0 bridgehead atoms. The van der Waals surface area contributed by atoms with Gasteiger partial charge in [-0.2, -0.15) is 211 Å². The Morgan fingerprint density at radius 1 is 0.200 bits per heavy atom. The summed E-state index contributed by atoms with van der Waals surface area (Å²) in [5, 5.41) is 0. The van der Waals surface area contributed by atoms with Crippen LogP contribution in [0.5, 0.6) is 0 Å². The van der Waals surface area contributed by atoms with Crippen molar-refractivity contribution in [1.29, 1.82) is 0 Å². The Morgan fingerprint density at radius 3 is 0.421 bits per heavy atom. The van der Waals surface area contributed by atoms with E-state index in [1.54, 1.807) is 0 Å². The predicted molar refractivity (Wildman–Crippen MR) is 348 cm³/mol. The molecule has 0 N–H and O–H groups in total. The standard InChI is InChI=1S/C60H64F48O28Si4/c1-9-33(109)117-29-41(69,70)125-49(85,86)57(101,102)129-53(93,94)45(77,78)121-37(61,62)25-113-17-13-21-137(5)133-138(6,22-14-18-114-26-38(63,64)122-46(79,80)54(95,96)130-58(103,104)50(87,88)126-42(71,72)30-118-34(110)10-2)135-140(8,24-16-20-116-28-40(67,68)124-48(83,84)56(99,100)132-60(107,108)52(91,92)128-44(75,76)32-120-36(112)12-4)136-139(7,134-137)23-15-19-115-27-39(65,66)123-47(81,82)55(97,98)131-59(105,106)51(89,90)127-43(73,74)31-119-35(111)11-3/h9-12H,1-4,13-32H2,5-8H3. The van der Waals surface area contributed by atoms with Gasteiger partial charge in [0, 0.05) is 50.7 Å². The fraction of sp³-hybridized carbons (Fsp3) is 0.800. The van der Waals surface area contributed by atoms with Crippen molar-refractivity contribution in [3.05, 3.63) is 50.6 Å². The third kappa shape index (κ3) is 41.1. The monoisotopic (exact) mass is 2260 g/mol. The van der Waals surface area contributed by atoms with Crippen LogP contribution < -0.4 is 0 Å². The Bertz CT molecular complexity index is 3550. The molecule has 0 atom stereocenters. The maximum absolute atomic E-state index is 14.9. The van der Waals surface area contributed by atoms with E-state index in [4.69, 9.17) is 16.5 Å². The summed E-state index contributed by atoms with van der Waals surface area (Å²) in [6, 6.07) is -4.57. The second kappa shape index (κ2) is 46.7. The Morgan fingerprint density at radius 2 is 0.307 bits per heavy atom. The van der Waals surface area contributed by atoms with Crippen molar-refractivity contribution in [2.24, 2.45) is 0 Å². The molecule has 1 rings (SSSR count). The minimum atomic E-state index is -7.57. The quantitative estimate of drug-likeness (QED) is 0.0136. The minimum Gasteiger partial charge on any atom is -0.453 e. The molecule has 1 saturated heterocycles. The molecule has 28 nitrogen and oxygen atoms in total.